The molecule has 0 amide bonds. The summed E-state index contributed by atoms with van der Waals surface area (Å²) in [7, 11) is 0. The third kappa shape index (κ3) is 4.95. The van der Waals surface area contributed by atoms with Crippen molar-refractivity contribution >= 4 is 40.1 Å². The molecule has 178 valence electrons. The minimum absolute atomic E-state index is 0.0534. The first kappa shape index (κ1) is 24.2. The van der Waals surface area contributed by atoms with Crippen LogP contribution >= 0.6 is 0 Å². The summed E-state index contributed by atoms with van der Waals surface area (Å²) in [6, 6.07) is 22.4. The van der Waals surface area contributed by atoms with Gasteiger partial charge in [-0.15, -0.1) is 0 Å². The number of nitrogens with zero attached hydrogens (tertiary/aromatic N) is 2. The van der Waals surface area contributed by atoms with Gasteiger partial charge in [0.25, 0.3) is 0 Å². The summed E-state index contributed by atoms with van der Waals surface area (Å²) in [5, 5.41) is 2.61. The number of fused-ring (bicyclic) bond motifs is 2. The summed E-state index contributed by atoms with van der Waals surface area (Å²) in [4.78, 5) is 10.1. The molecule has 0 fully saturated rings. The van der Waals surface area contributed by atoms with Crippen LogP contribution in [0.5, 0.6) is 0 Å². The molecule has 0 atom stereocenters. The first-order valence-electron chi connectivity index (χ1n) is 12.4. The van der Waals surface area contributed by atoms with Gasteiger partial charge in [-0.2, -0.15) is 0 Å². The van der Waals surface area contributed by atoms with Crippen molar-refractivity contribution in [3.05, 3.63) is 83.6 Å². The molecule has 0 saturated heterocycles. The predicted octanol–water partition coefficient (Wildman–Crippen LogP) is 8.37. The molecule has 5 rings (SSSR count). The van der Waals surface area contributed by atoms with Crippen LogP contribution in [-0.4, -0.2) is 30.4 Å². The molecule has 5 aromatic rings. The van der Waals surface area contributed by atoms with Gasteiger partial charge >= 0.3 is 220 Å². The molecular formula is C32H34N2Te. The number of aryl methyl sites for hydroxylation is 1. The van der Waals surface area contributed by atoms with Gasteiger partial charge in [0.05, 0.1) is 0 Å². The van der Waals surface area contributed by atoms with Crippen molar-refractivity contribution in [3.63, 3.8) is 0 Å². The SMILES string of the molecule is Cc1cc(CC(C)(C)C)ccc1-c1nc2ccnc(-c3cc(C(C)(C)C)c4ccccc4c3)c2[te]1. The van der Waals surface area contributed by atoms with Crippen LogP contribution in [0.15, 0.2) is 66.9 Å². The molecule has 0 radical (unpaired) electrons. The van der Waals surface area contributed by atoms with E-state index < -0.39 is 20.4 Å². The number of benzene rings is 3. The van der Waals surface area contributed by atoms with Crippen molar-refractivity contribution in [2.24, 2.45) is 5.41 Å². The van der Waals surface area contributed by atoms with Gasteiger partial charge in [-0.05, 0) is 0 Å². The van der Waals surface area contributed by atoms with E-state index in [1.54, 1.807) is 0 Å². The zero-order valence-electron chi connectivity index (χ0n) is 21.9. The Hall–Kier alpha value is -2.47. The molecular weight excluding hydrogens is 540 g/mol. The van der Waals surface area contributed by atoms with E-state index in [1.807, 2.05) is 6.20 Å². The van der Waals surface area contributed by atoms with Gasteiger partial charge in [0.1, 0.15) is 0 Å². The van der Waals surface area contributed by atoms with Crippen LogP contribution in [0.25, 0.3) is 40.2 Å². The van der Waals surface area contributed by atoms with Crippen LogP contribution in [0.3, 0.4) is 0 Å². The van der Waals surface area contributed by atoms with Crippen LogP contribution in [0.4, 0.5) is 0 Å². The molecule has 3 aromatic carbocycles. The average molecular weight is 574 g/mol. The number of aromatic nitrogens is 2. The molecule has 35 heavy (non-hydrogen) atoms. The maximum atomic E-state index is 5.14. The molecule has 0 spiro atoms. The van der Waals surface area contributed by atoms with E-state index in [2.05, 4.69) is 109 Å². The van der Waals surface area contributed by atoms with Crippen LogP contribution in [0.2, 0.25) is 0 Å². The molecule has 3 heteroatoms. The van der Waals surface area contributed by atoms with Crippen LogP contribution < -0.4 is 0 Å². The van der Waals surface area contributed by atoms with E-state index >= 15 is 0 Å². The molecule has 0 unspecified atom stereocenters. The van der Waals surface area contributed by atoms with Gasteiger partial charge in [-0.1, -0.05) is 0 Å². The van der Waals surface area contributed by atoms with Crippen molar-refractivity contribution in [1.82, 2.24) is 9.97 Å². The Morgan fingerprint density at radius 2 is 1.63 bits per heavy atom. The predicted molar refractivity (Wildman–Crippen MR) is 151 cm³/mol. The van der Waals surface area contributed by atoms with Crippen molar-refractivity contribution in [2.75, 3.05) is 0 Å². The molecule has 0 saturated carbocycles. The van der Waals surface area contributed by atoms with Crippen LogP contribution in [0, 0.1) is 12.3 Å². The summed E-state index contributed by atoms with van der Waals surface area (Å²) in [5.41, 5.74) is 9.19. The monoisotopic (exact) mass is 576 g/mol. The van der Waals surface area contributed by atoms with Crippen LogP contribution in [0.1, 0.15) is 58.2 Å². The third-order valence-corrected chi connectivity index (χ3v) is 9.67. The van der Waals surface area contributed by atoms with Gasteiger partial charge in [-0.25, -0.2) is 0 Å². The van der Waals surface area contributed by atoms with Gasteiger partial charge in [-0.3, -0.25) is 0 Å². The second-order valence-electron chi connectivity index (χ2n) is 11.9. The van der Waals surface area contributed by atoms with E-state index in [0.717, 1.165) is 17.6 Å². The summed E-state index contributed by atoms with van der Waals surface area (Å²) in [6.07, 6.45) is 3.02. The summed E-state index contributed by atoms with van der Waals surface area (Å²) < 4.78 is 2.64. The molecule has 2 aromatic heterocycles. The average Bonchev–Trinajstić information content (AvgIpc) is 3.20. The Kier molecular flexibility index (Phi) is 6.15. The standard InChI is InChI=1S/C32H34N2Te/c1-20-16-21(19-31(2,3)4)12-13-24(20)30-34-27-14-15-33-28(29(27)35-30)23-17-22-10-8-9-11-25(22)26(18-23)32(5,6)7/h8-18H,19H2,1-7H3. The second-order valence-corrected chi connectivity index (χ2v) is 14.8. The molecule has 0 aliphatic heterocycles. The van der Waals surface area contributed by atoms with Crippen molar-refractivity contribution in [1.29, 1.82) is 0 Å². The van der Waals surface area contributed by atoms with E-state index in [-0.39, 0.29) is 10.8 Å². The Balaban J connectivity index is 1.64. The zero-order valence-corrected chi connectivity index (χ0v) is 24.2. The zero-order chi connectivity index (χ0) is 25.0. The Labute approximate surface area is 219 Å². The number of hydrogen-bond donors (Lipinski definition) is 0. The quantitative estimate of drug-likeness (QED) is 0.203. The topological polar surface area (TPSA) is 25.8 Å². The van der Waals surface area contributed by atoms with Gasteiger partial charge in [0.15, 0.2) is 0 Å². The van der Waals surface area contributed by atoms with Crippen molar-refractivity contribution < 1.29 is 0 Å². The molecule has 2 heterocycles. The van der Waals surface area contributed by atoms with Gasteiger partial charge in [0.2, 0.25) is 0 Å². The van der Waals surface area contributed by atoms with Crippen molar-refractivity contribution in [3.8, 4) is 20.5 Å². The Morgan fingerprint density at radius 1 is 0.857 bits per heavy atom. The van der Waals surface area contributed by atoms with Crippen molar-refractivity contribution in [2.45, 2.75) is 60.3 Å². The van der Waals surface area contributed by atoms with E-state index in [4.69, 9.17) is 9.97 Å². The van der Waals surface area contributed by atoms with E-state index in [9.17, 15) is 0 Å². The second kappa shape index (κ2) is 8.88. The van der Waals surface area contributed by atoms with E-state index in [0.29, 0.717) is 0 Å². The maximum absolute atomic E-state index is 5.14. The van der Waals surface area contributed by atoms with Gasteiger partial charge in [0, 0.05) is 0 Å². The molecule has 2 nitrogen and oxygen atoms in total. The molecule has 0 N–H and O–H groups in total. The Bertz CT molecular complexity index is 1540. The normalized spacial score (nSPS) is 12.5. The number of rotatable bonds is 3. The first-order valence-corrected chi connectivity index (χ1v) is 14.7. The minimum atomic E-state index is -0.644. The molecule has 0 aliphatic rings. The Morgan fingerprint density at radius 3 is 2.34 bits per heavy atom. The summed E-state index contributed by atoms with van der Waals surface area (Å²) >= 11 is -0.644. The summed E-state index contributed by atoms with van der Waals surface area (Å²) in [5.74, 6) is 0. The van der Waals surface area contributed by atoms with Crippen LogP contribution in [-0.2, 0) is 11.8 Å². The molecule has 0 bridgehead atoms. The first-order chi connectivity index (χ1) is 16.5. The van der Waals surface area contributed by atoms with E-state index in [1.165, 1.54) is 45.7 Å². The fraction of sp³-hybridized carbons (Fsp3) is 0.312. The number of pyridine rings is 1. The third-order valence-electron chi connectivity index (χ3n) is 6.50. The fourth-order valence-corrected chi connectivity index (χ4v) is 8.25. The summed E-state index contributed by atoms with van der Waals surface area (Å²) in [6.45, 7) is 16.0. The fourth-order valence-electron chi connectivity index (χ4n) is 4.93. The molecule has 0 aliphatic carbocycles. The van der Waals surface area contributed by atoms with Gasteiger partial charge < -0.3 is 0 Å². The number of hydrogen-bond acceptors (Lipinski definition) is 2.